The number of imidazole rings is 1. The number of aryl methyl sites for hydroxylation is 1. The van der Waals surface area contributed by atoms with Gasteiger partial charge < -0.3 is 10.6 Å². The molecule has 1 aliphatic rings. The second-order valence-electron chi connectivity index (χ2n) is 8.45. The number of pyridine rings is 1. The molecule has 1 fully saturated rings. The van der Waals surface area contributed by atoms with Crippen LogP contribution < -0.4 is 26.6 Å². The summed E-state index contributed by atoms with van der Waals surface area (Å²) in [6.45, 7) is 3.08. The Morgan fingerprint density at radius 2 is 2.09 bits per heavy atom. The van der Waals surface area contributed by atoms with E-state index in [2.05, 4.69) is 26.5 Å². The molecule has 0 spiro atoms. The lowest BCUT2D eigenvalue weighted by Crippen LogP contribution is -2.44. The van der Waals surface area contributed by atoms with Crippen molar-refractivity contribution in [1.82, 2.24) is 28.4 Å². The van der Waals surface area contributed by atoms with Crippen LogP contribution in [0.25, 0.3) is 11.2 Å². The Morgan fingerprint density at radius 1 is 1.29 bits per heavy atom. The third-order valence-corrected chi connectivity index (χ3v) is 7.07. The maximum absolute atomic E-state index is 13.5. The van der Waals surface area contributed by atoms with Gasteiger partial charge in [0.05, 0.1) is 6.54 Å². The zero-order valence-electron chi connectivity index (χ0n) is 19.6. The van der Waals surface area contributed by atoms with Gasteiger partial charge >= 0.3 is 5.69 Å². The Balaban J connectivity index is 1.78. The molecule has 1 unspecified atom stereocenters. The molecule has 3 N–H and O–H groups in total. The van der Waals surface area contributed by atoms with Gasteiger partial charge in [-0.25, -0.2) is 22.5 Å². The molecule has 3 aromatic rings. The molecule has 1 aliphatic heterocycles. The van der Waals surface area contributed by atoms with Crippen molar-refractivity contribution >= 4 is 27.1 Å². The van der Waals surface area contributed by atoms with Crippen LogP contribution in [0.1, 0.15) is 25.3 Å². The SMILES string of the molecule is CC#CCn1c(N2CCCC(N)C2)nc2c1c(=O)n(CS(=O)(=O)NCc1cccnc1)c(=O)n2C. The fourth-order valence-electron chi connectivity index (χ4n) is 4.13. The first-order chi connectivity index (χ1) is 16.7. The summed E-state index contributed by atoms with van der Waals surface area (Å²) in [5.41, 5.74) is 5.56. The van der Waals surface area contributed by atoms with Crippen molar-refractivity contribution in [2.75, 3.05) is 18.0 Å². The predicted molar refractivity (Wildman–Crippen MR) is 132 cm³/mol. The van der Waals surface area contributed by atoms with E-state index in [1.165, 1.54) is 17.8 Å². The van der Waals surface area contributed by atoms with Crippen molar-refractivity contribution in [3.8, 4) is 11.8 Å². The number of nitrogens with one attached hydrogen (secondary N) is 1. The van der Waals surface area contributed by atoms with Gasteiger partial charge in [0, 0.05) is 45.1 Å². The maximum Gasteiger partial charge on any atom is 0.333 e. The molecule has 186 valence electrons. The van der Waals surface area contributed by atoms with E-state index in [0.717, 1.165) is 12.8 Å². The Kier molecular flexibility index (Phi) is 7.06. The first kappa shape index (κ1) is 24.6. The quantitative estimate of drug-likeness (QED) is 0.405. The number of hydrogen-bond donors (Lipinski definition) is 2. The average molecular weight is 501 g/mol. The van der Waals surface area contributed by atoms with Crippen molar-refractivity contribution < 1.29 is 8.42 Å². The van der Waals surface area contributed by atoms with E-state index in [4.69, 9.17) is 5.73 Å². The first-order valence-corrected chi connectivity index (χ1v) is 12.8. The van der Waals surface area contributed by atoms with Gasteiger partial charge in [0.15, 0.2) is 11.2 Å². The van der Waals surface area contributed by atoms with Crippen LogP contribution >= 0.6 is 0 Å². The number of piperidine rings is 1. The Labute approximate surface area is 202 Å². The van der Waals surface area contributed by atoms with Gasteiger partial charge in [-0.05, 0) is 31.4 Å². The lowest BCUT2D eigenvalue weighted by molar-refractivity contribution is 0.496. The molecule has 0 aromatic carbocycles. The number of hydrogen-bond acceptors (Lipinski definition) is 8. The summed E-state index contributed by atoms with van der Waals surface area (Å²) in [6.07, 6.45) is 4.87. The summed E-state index contributed by atoms with van der Waals surface area (Å²) in [5, 5.41) is 0. The Morgan fingerprint density at radius 3 is 2.77 bits per heavy atom. The van der Waals surface area contributed by atoms with Crippen LogP contribution in [-0.4, -0.2) is 51.2 Å². The molecular formula is C22H28N8O4S. The summed E-state index contributed by atoms with van der Waals surface area (Å²) in [6, 6.07) is 3.37. The van der Waals surface area contributed by atoms with Crippen molar-refractivity contribution in [2.45, 2.75) is 44.8 Å². The van der Waals surface area contributed by atoms with Crippen molar-refractivity contribution in [3.05, 3.63) is 50.9 Å². The monoisotopic (exact) mass is 500 g/mol. The van der Waals surface area contributed by atoms with Gasteiger partial charge in [0.25, 0.3) is 5.56 Å². The minimum atomic E-state index is -4.03. The summed E-state index contributed by atoms with van der Waals surface area (Å²) < 4.78 is 31.5. The van der Waals surface area contributed by atoms with E-state index in [1.54, 1.807) is 29.8 Å². The smallest absolute Gasteiger partial charge is 0.333 e. The van der Waals surface area contributed by atoms with E-state index in [0.29, 0.717) is 29.2 Å². The molecule has 3 aromatic heterocycles. The van der Waals surface area contributed by atoms with Gasteiger partial charge in [0.2, 0.25) is 16.0 Å². The molecule has 13 heteroatoms. The standard InChI is InChI=1S/C22H28N8O4S/c1-3-4-11-29-18-19(26-21(29)28-10-6-8-17(23)14-28)27(2)22(32)30(20(18)31)15-35(33,34)25-13-16-7-5-9-24-12-16/h5,7,9,12,17,25H,6,8,10-11,13-15,23H2,1-2H3. The normalized spacial score (nSPS) is 16.3. The molecule has 1 saturated heterocycles. The average Bonchev–Trinajstić information content (AvgIpc) is 3.23. The number of sulfonamides is 1. The third-order valence-electron chi connectivity index (χ3n) is 5.88. The van der Waals surface area contributed by atoms with Gasteiger partial charge in [-0.2, -0.15) is 4.98 Å². The zero-order valence-corrected chi connectivity index (χ0v) is 20.5. The molecule has 0 saturated carbocycles. The molecule has 0 bridgehead atoms. The first-order valence-electron chi connectivity index (χ1n) is 11.2. The summed E-state index contributed by atoms with van der Waals surface area (Å²) in [4.78, 5) is 37.1. The van der Waals surface area contributed by atoms with Gasteiger partial charge in [-0.1, -0.05) is 12.0 Å². The van der Waals surface area contributed by atoms with Crippen LogP contribution in [-0.2, 0) is 36.0 Å². The fourth-order valence-corrected chi connectivity index (χ4v) is 5.17. The topological polar surface area (TPSA) is 150 Å². The van der Waals surface area contributed by atoms with Crippen LogP contribution in [0.15, 0.2) is 34.1 Å². The van der Waals surface area contributed by atoms with Crippen LogP contribution in [0, 0.1) is 11.8 Å². The van der Waals surface area contributed by atoms with Crippen molar-refractivity contribution in [2.24, 2.45) is 12.8 Å². The van der Waals surface area contributed by atoms with Crippen molar-refractivity contribution in [3.63, 3.8) is 0 Å². The van der Waals surface area contributed by atoms with E-state index >= 15 is 0 Å². The van der Waals surface area contributed by atoms with Crippen molar-refractivity contribution in [1.29, 1.82) is 0 Å². The Hall–Kier alpha value is -3.47. The van der Waals surface area contributed by atoms with Gasteiger partial charge in [0.1, 0.15) is 5.88 Å². The largest absolute Gasteiger partial charge is 0.341 e. The third kappa shape index (κ3) is 5.14. The van der Waals surface area contributed by atoms with Crippen LogP contribution in [0.2, 0.25) is 0 Å². The number of nitrogens with zero attached hydrogens (tertiary/aromatic N) is 6. The minimum absolute atomic E-state index is 0.0170. The molecule has 0 aliphatic carbocycles. The molecule has 4 heterocycles. The summed E-state index contributed by atoms with van der Waals surface area (Å²) >= 11 is 0. The van der Waals surface area contributed by atoms with Crippen LogP contribution in [0.5, 0.6) is 0 Å². The molecule has 1 atom stereocenters. The van der Waals surface area contributed by atoms with Crippen LogP contribution in [0.3, 0.4) is 0 Å². The van der Waals surface area contributed by atoms with Gasteiger partial charge in [-0.15, -0.1) is 5.92 Å². The lowest BCUT2D eigenvalue weighted by Gasteiger charge is -2.31. The van der Waals surface area contributed by atoms with Gasteiger partial charge in [-0.3, -0.25) is 18.9 Å². The maximum atomic E-state index is 13.5. The zero-order chi connectivity index (χ0) is 25.2. The van der Waals surface area contributed by atoms with Crippen LogP contribution in [0.4, 0.5) is 5.95 Å². The van der Waals surface area contributed by atoms with E-state index in [1.807, 2.05) is 4.90 Å². The molecule has 12 nitrogen and oxygen atoms in total. The Bertz CT molecular complexity index is 1510. The number of aromatic nitrogens is 5. The highest BCUT2D eigenvalue weighted by molar-refractivity contribution is 7.88. The number of anilines is 1. The molecule has 0 amide bonds. The number of rotatable bonds is 7. The second kappa shape index (κ2) is 10.0. The van der Waals surface area contributed by atoms with E-state index in [-0.39, 0.29) is 30.3 Å². The fraction of sp³-hybridized carbons (Fsp3) is 0.455. The molecular weight excluding hydrogens is 472 g/mol. The highest BCUT2D eigenvalue weighted by Gasteiger charge is 2.27. The number of fused-ring (bicyclic) bond motifs is 1. The summed E-state index contributed by atoms with van der Waals surface area (Å²) in [5.74, 6) is 5.41. The molecule has 4 rings (SSSR count). The minimum Gasteiger partial charge on any atom is -0.341 e. The van der Waals surface area contributed by atoms with E-state index < -0.39 is 27.1 Å². The predicted octanol–water partition coefficient (Wildman–Crippen LogP) is -0.680. The summed E-state index contributed by atoms with van der Waals surface area (Å²) in [7, 11) is -2.56. The molecule has 35 heavy (non-hydrogen) atoms. The highest BCUT2D eigenvalue weighted by Crippen LogP contribution is 2.22. The van der Waals surface area contributed by atoms with E-state index in [9.17, 15) is 18.0 Å². The lowest BCUT2D eigenvalue weighted by atomic mass is 10.1. The highest BCUT2D eigenvalue weighted by atomic mass is 32.2. The second-order valence-corrected chi connectivity index (χ2v) is 10.2. The number of nitrogens with two attached hydrogens (primary N) is 1. The molecule has 0 radical (unpaired) electrons.